The Morgan fingerprint density at radius 1 is 0.857 bits per heavy atom. The summed E-state index contributed by atoms with van der Waals surface area (Å²) < 4.78 is 27.3. The van der Waals surface area contributed by atoms with Crippen molar-refractivity contribution < 1.29 is 22.8 Å². The molecule has 35 heavy (non-hydrogen) atoms. The minimum atomic E-state index is -3.73. The van der Waals surface area contributed by atoms with Gasteiger partial charge in [-0.1, -0.05) is 18.2 Å². The van der Waals surface area contributed by atoms with Gasteiger partial charge in [-0.3, -0.25) is 19.4 Å². The van der Waals surface area contributed by atoms with Crippen LogP contribution in [0.15, 0.2) is 78.0 Å². The Labute approximate surface area is 203 Å². The molecule has 1 aromatic heterocycles. The maximum absolute atomic E-state index is 13.0. The van der Waals surface area contributed by atoms with Gasteiger partial charge in [0.2, 0.25) is 10.0 Å². The van der Waals surface area contributed by atoms with E-state index in [-0.39, 0.29) is 48.7 Å². The predicted octanol–water partition coefficient (Wildman–Crippen LogP) is 2.68. The highest BCUT2D eigenvalue weighted by Crippen LogP contribution is 2.20. The van der Waals surface area contributed by atoms with E-state index in [0.29, 0.717) is 22.4 Å². The van der Waals surface area contributed by atoms with Crippen LogP contribution in [0.3, 0.4) is 0 Å². The van der Waals surface area contributed by atoms with E-state index in [1.807, 2.05) is 0 Å². The van der Waals surface area contributed by atoms with Gasteiger partial charge in [-0.15, -0.1) is 0 Å². The van der Waals surface area contributed by atoms with Crippen LogP contribution in [0.1, 0.15) is 38.0 Å². The second-order valence-corrected chi connectivity index (χ2v) is 9.99. The van der Waals surface area contributed by atoms with Gasteiger partial charge in [-0.25, -0.2) is 8.42 Å². The monoisotopic (exact) mass is 492 g/mol. The van der Waals surface area contributed by atoms with Crippen molar-refractivity contribution >= 4 is 33.3 Å². The van der Waals surface area contributed by atoms with E-state index in [1.165, 1.54) is 41.7 Å². The molecule has 1 saturated heterocycles. The fraction of sp³-hybridized carbons (Fsp3) is 0.200. The number of hydrogen-bond acceptors (Lipinski definition) is 6. The zero-order valence-electron chi connectivity index (χ0n) is 19.0. The fourth-order valence-corrected chi connectivity index (χ4v) is 5.18. The van der Waals surface area contributed by atoms with E-state index in [2.05, 4.69) is 10.3 Å². The Balaban J connectivity index is 1.39. The second kappa shape index (κ2) is 10.2. The summed E-state index contributed by atoms with van der Waals surface area (Å²) in [5.41, 5.74) is 1.71. The first-order valence-corrected chi connectivity index (χ1v) is 12.4. The summed E-state index contributed by atoms with van der Waals surface area (Å²) >= 11 is 0. The molecule has 0 aliphatic carbocycles. The molecule has 0 radical (unpaired) electrons. The molecular weight excluding hydrogens is 468 g/mol. The van der Waals surface area contributed by atoms with Gasteiger partial charge in [0.25, 0.3) is 11.8 Å². The number of hydrogen-bond donors (Lipinski definition) is 1. The lowest BCUT2D eigenvalue weighted by Gasteiger charge is -2.34. The molecule has 2 aromatic carbocycles. The topological polar surface area (TPSA) is 117 Å². The molecular formula is C25H24N4O5S. The van der Waals surface area contributed by atoms with Crippen LogP contribution in [-0.4, -0.2) is 66.4 Å². The number of piperazine rings is 1. The lowest BCUT2D eigenvalue weighted by atomic mass is 10.1. The Morgan fingerprint density at radius 3 is 2.17 bits per heavy atom. The summed E-state index contributed by atoms with van der Waals surface area (Å²) in [6, 6.07) is 15.8. The zero-order chi connectivity index (χ0) is 25.0. The number of pyridine rings is 1. The summed E-state index contributed by atoms with van der Waals surface area (Å²) in [6.07, 6.45) is 3.03. The van der Waals surface area contributed by atoms with Gasteiger partial charge in [-0.05, 0) is 49.4 Å². The molecule has 2 amide bonds. The molecule has 0 unspecified atom stereocenters. The maximum atomic E-state index is 13.0. The largest absolute Gasteiger partial charge is 0.336 e. The first-order valence-electron chi connectivity index (χ1n) is 11.0. The van der Waals surface area contributed by atoms with Crippen LogP contribution >= 0.6 is 0 Å². The number of aromatic nitrogens is 1. The predicted molar refractivity (Wildman–Crippen MR) is 130 cm³/mol. The number of Topliss-reactive ketones (excluding diaryl/α,β-unsaturated/α-hetero) is 1. The zero-order valence-corrected chi connectivity index (χ0v) is 19.9. The first-order chi connectivity index (χ1) is 16.8. The molecule has 1 N–H and O–H groups in total. The standard InChI is InChI=1S/C25H24N4O5S/c1-18(30)19-7-9-23(10-8-19)35(33,34)29-14-12-28(13-15-29)25(32)20-4-2-6-22(16-20)27-24(31)21-5-3-11-26-17-21/h2-11,16-17H,12-15H2,1H3,(H,27,31). The number of ketones is 1. The van der Waals surface area contributed by atoms with Crippen molar-refractivity contribution in [1.82, 2.24) is 14.2 Å². The number of rotatable bonds is 6. The summed E-state index contributed by atoms with van der Waals surface area (Å²) in [7, 11) is -3.73. The molecule has 3 aromatic rings. The molecule has 0 saturated carbocycles. The van der Waals surface area contributed by atoms with Gasteiger partial charge in [0.15, 0.2) is 5.78 Å². The van der Waals surface area contributed by atoms with Gasteiger partial charge in [-0.2, -0.15) is 4.31 Å². The quantitative estimate of drug-likeness (QED) is 0.529. The smallest absolute Gasteiger partial charge is 0.257 e. The molecule has 1 aliphatic rings. The molecule has 0 spiro atoms. The van der Waals surface area contributed by atoms with Gasteiger partial charge < -0.3 is 10.2 Å². The Bertz CT molecular complexity index is 1350. The molecule has 9 nitrogen and oxygen atoms in total. The third kappa shape index (κ3) is 5.44. The highest BCUT2D eigenvalue weighted by molar-refractivity contribution is 7.89. The van der Waals surface area contributed by atoms with Crippen LogP contribution in [0.2, 0.25) is 0 Å². The summed E-state index contributed by atoms with van der Waals surface area (Å²) in [4.78, 5) is 42.5. The molecule has 2 heterocycles. The van der Waals surface area contributed by atoms with E-state index in [1.54, 1.807) is 47.5 Å². The molecule has 0 bridgehead atoms. The van der Waals surface area contributed by atoms with Gasteiger partial charge in [0.05, 0.1) is 10.5 Å². The van der Waals surface area contributed by atoms with Crippen molar-refractivity contribution in [1.29, 1.82) is 0 Å². The Hall–Kier alpha value is -3.89. The van der Waals surface area contributed by atoms with Crippen LogP contribution in [0.25, 0.3) is 0 Å². The maximum Gasteiger partial charge on any atom is 0.257 e. The second-order valence-electron chi connectivity index (χ2n) is 8.05. The molecule has 10 heteroatoms. The molecule has 4 rings (SSSR count). The van der Waals surface area contributed by atoms with Crippen molar-refractivity contribution in [2.75, 3.05) is 31.5 Å². The number of nitrogens with one attached hydrogen (secondary N) is 1. The van der Waals surface area contributed by atoms with E-state index in [0.717, 1.165) is 0 Å². The summed E-state index contributed by atoms with van der Waals surface area (Å²) in [6.45, 7) is 2.19. The highest BCUT2D eigenvalue weighted by Gasteiger charge is 2.30. The molecule has 1 fully saturated rings. The van der Waals surface area contributed by atoms with Crippen molar-refractivity contribution in [3.8, 4) is 0 Å². The minimum absolute atomic E-state index is 0.110. The van der Waals surface area contributed by atoms with Crippen LogP contribution in [0, 0.1) is 0 Å². The molecule has 0 atom stereocenters. The van der Waals surface area contributed by atoms with Crippen molar-refractivity contribution in [2.24, 2.45) is 0 Å². The number of nitrogens with zero attached hydrogens (tertiary/aromatic N) is 3. The average molecular weight is 493 g/mol. The van der Waals surface area contributed by atoms with E-state index in [4.69, 9.17) is 0 Å². The average Bonchev–Trinajstić information content (AvgIpc) is 2.89. The number of amides is 2. The van der Waals surface area contributed by atoms with Crippen molar-refractivity contribution in [2.45, 2.75) is 11.8 Å². The van der Waals surface area contributed by atoms with Crippen LogP contribution < -0.4 is 5.32 Å². The first kappa shape index (κ1) is 24.2. The van der Waals surface area contributed by atoms with Crippen molar-refractivity contribution in [3.63, 3.8) is 0 Å². The molecule has 1 aliphatic heterocycles. The number of sulfonamides is 1. The fourth-order valence-electron chi connectivity index (χ4n) is 3.76. The third-order valence-corrected chi connectivity index (χ3v) is 7.63. The summed E-state index contributed by atoms with van der Waals surface area (Å²) in [5, 5.41) is 2.75. The normalized spacial score (nSPS) is 14.4. The Kier molecular flexibility index (Phi) is 7.04. The lowest BCUT2D eigenvalue weighted by molar-refractivity contribution is 0.0697. The number of anilines is 1. The van der Waals surface area contributed by atoms with Gasteiger partial charge >= 0.3 is 0 Å². The number of benzene rings is 2. The van der Waals surface area contributed by atoms with Crippen LogP contribution in [0.5, 0.6) is 0 Å². The van der Waals surface area contributed by atoms with Crippen molar-refractivity contribution in [3.05, 3.63) is 89.7 Å². The molecule has 180 valence electrons. The van der Waals surface area contributed by atoms with E-state index in [9.17, 15) is 22.8 Å². The highest BCUT2D eigenvalue weighted by atomic mass is 32.2. The lowest BCUT2D eigenvalue weighted by Crippen LogP contribution is -2.50. The number of carbonyl (C=O) groups excluding carboxylic acids is 3. The SMILES string of the molecule is CC(=O)c1ccc(S(=O)(=O)N2CCN(C(=O)c3cccc(NC(=O)c4cccnc4)c3)CC2)cc1. The van der Waals surface area contributed by atoms with E-state index < -0.39 is 10.0 Å². The van der Waals surface area contributed by atoms with Crippen LogP contribution in [-0.2, 0) is 10.0 Å². The Morgan fingerprint density at radius 2 is 1.54 bits per heavy atom. The third-order valence-electron chi connectivity index (χ3n) is 5.72. The van der Waals surface area contributed by atoms with Crippen LogP contribution in [0.4, 0.5) is 5.69 Å². The summed E-state index contributed by atoms with van der Waals surface area (Å²) in [5.74, 6) is -0.718. The van der Waals surface area contributed by atoms with E-state index >= 15 is 0 Å². The minimum Gasteiger partial charge on any atom is -0.336 e. The number of carbonyl (C=O) groups is 3. The van der Waals surface area contributed by atoms with Gasteiger partial charge in [0, 0.05) is 55.4 Å². The van der Waals surface area contributed by atoms with Gasteiger partial charge in [0.1, 0.15) is 0 Å².